The second-order valence-electron chi connectivity index (χ2n) is 6.41. The first kappa shape index (κ1) is 21.3. The van der Waals surface area contributed by atoms with E-state index in [9.17, 15) is 23.2 Å². The number of anilines is 1. The normalized spacial score (nSPS) is 18.9. The van der Waals surface area contributed by atoms with Crippen molar-refractivity contribution >= 4 is 51.2 Å². The molecule has 0 saturated carbocycles. The number of rotatable bonds is 6. The average Bonchev–Trinajstić information content (AvgIpc) is 2.87. The topological polar surface area (TPSA) is 78.5 Å². The fourth-order valence-corrected chi connectivity index (χ4v) is 3.80. The highest BCUT2D eigenvalue weighted by Gasteiger charge is 2.49. The van der Waals surface area contributed by atoms with Crippen LogP contribution in [0, 0.1) is 0 Å². The fourth-order valence-electron chi connectivity index (χ4n) is 2.90. The minimum Gasteiger partial charge on any atom is -0.325 e. The Kier molecular flexibility index (Phi) is 6.23. The number of imide groups is 1. The van der Waals surface area contributed by atoms with Crippen LogP contribution in [0.1, 0.15) is 12.5 Å². The summed E-state index contributed by atoms with van der Waals surface area (Å²) in [5.74, 6) is -3.66. The maximum atomic E-state index is 12.9. The van der Waals surface area contributed by atoms with E-state index in [4.69, 9.17) is 0 Å². The Labute approximate surface area is 178 Å². The van der Waals surface area contributed by atoms with E-state index in [0.29, 0.717) is 27.9 Å². The highest BCUT2D eigenvalue weighted by atomic mass is 79.9. The number of amides is 4. The number of alkyl halides is 2. The Balaban J connectivity index is 1.67. The average molecular weight is 484 g/mol. The van der Waals surface area contributed by atoms with Crippen molar-refractivity contribution in [3.63, 3.8) is 0 Å². The van der Waals surface area contributed by atoms with Gasteiger partial charge in [-0.2, -0.15) is 8.78 Å². The zero-order valence-electron chi connectivity index (χ0n) is 15.1. The first-order chi connectivity index (χ1) is 13.7. The van der Waals surface area contributed by atoms with Gasteiger partial charge in [0.15, 0.2) is 0 Å². The molecular weight excluding hydrogens is 468 g/mol. The molecule has 1 heterocycles. The minimum absolute atomic E-state index is 0.358. The molecule has 3 rings (SSSR count). The summed E-state index contributed by atoms with van der Waals surface area (Å²) in [6.07, 6.45) is 0. The molecule has 1 aliphatic rings. The maximum absolute atomic E-state index is 12.9. The van der Waals surface area contributed by atoms with Gasteiger partial charge in [-0.25, -0.2) is 4.79 Å². The van der Waals surface area contributed by atoms with E-state index in [0.717, 1.165) is 9.37 Å². The molecule has 1 fully saturated rings. The molecule has 1 unspecified atom stereocenters. The molecule has 1 saturated heterocycles. The van der Waals surface area contributed by atoms with Crippen molar-refractivity contribution in [3.05, 3.63) is 58.6 Å². The molecule has 2 aromatic rings. The number of nitrogens with one attached hydrogen (secondary N) is 2. The Morgan fingerprint density at radius 1 is 1.24 bits per heavy atom. The molecule has 0 aliphatic carbocycles. The molecule has 2 aromatic carbocycles. The Hall–Kier alpha value is -2.46. The molecule has 1 atom stereocenters. The molecule has 10 heteroatoms. The lowest BCUT2D eigenvalue weighted by Crippen LogP contribution is -2.42. The lowest BCUT2D eigenvalue weighted by Gasteiger charge is -2.22. The van der Waals surface area contributed by atoms with Crippen molar-refractivity contribution in [2.75, 3.05) is 11.9 Å². The van der Waals surface area contributed by atoms with Gasteiger partial charge in [0, 0.05) is 15.1 Å². The third-order valence-electron chi connectivity index (χ3n) is 4.34. The number of nitrogens with zero attached hydrogens (tertiary/aromatic N) is 1. The highest BCUT2D eigenvalue weighted by molar-refractivity contribution is 9.10. The van der Waals surface area contributed by atoms with Gasteiger partial charge in [-0.3, -0.25) is 14.5 Å². The van der Waals surface area contributed by atoms with Crippen LogP contribution < -0.4 is 10.6 Å². The first-order valence-corrected chi connectivity index (χ1v) is 10.1. The second-order valence-corrected chi connectivity index (χ2v) is 8.39. The maximum Gasteiger partial charge on any atom is 0.325 e. The predicted molar refractivity (Wildman–Crippen MR) is 109 cm³/mol. The molecule has 6 nitrogen and oxygen atoms in total. The van der Waals surface area contributed by atoms with Crippen molar-refractivity contribution in [2.45, 2.75) is 23.1 Å². The third kappa shape index (κ3) is 4.76. The van der Waals surface area contributed by atoms with E-state index in [1.54, 1.807) is 31.2 Å². The van der Waals surface area contributed by atoms with Gasteiger partial charge in [0.2, 0.25) is 5.91 Å². The molecule has 152 valence electrons. The molecule has 4 amide bonds. The van der Waals surface area contributed by atoms with Crippen LogP contribution in [-0.2, 0) is 15.1 Å². The predicted octanol–water partition coefficient (Wildman–Crippen LogP) is 4.17. The zero-order chi connectivity index (χ0) is 21.2. The van der Waals surface area contributed by atoms with Crippen molar-refractivity contribution in [3.8, 4) is 0 Å². The van der Waals surface area contributed by atoms with Gasteiger partial charge in [0.1, 0.15) is 12.1 Å². The number of thioether (sulfide) groups is 1. The molecule has 0 bridgehead atoms. The van der Waals surface area contributed by atoms with E-state index in [1.807, 2.05) is 0 Å². The van der Waals surface area contributed by atoms with Crippen LogP contribution in [0.5, 0.6) is 0 Å². The number of halogens is 3. The van der Waals surface area contributed by atoms with E-state index >= 15 is 0 Å². The van der Waals surface area contributed by atoms with Gasteiger partial charge in [0.25, 0.3) is 11.7 Å². The van der Waals surface area contributed by atoms with Gasteiger partial charge in [0.05, 0.1) is 0 Å². The molecule has 0 spiro atoms. The second kappa shape index (κ2) is 8.50. The number of urea groups is 1. The lowest BCUT2D eigenvalue weighted by molar-refractivity contribution is -0.133. The zero-order valence-corrected chi connectivity index (χ0v) is 17.5. The highest BCUT2D eigenvalue weighted by Crippen LogP contribution is 2.30. The van der Waals surface area contributed by atoms with Crippen molar-refractivity contribution < 1.29 is 23.2 Å². The summed E-state index contributed by atoms with van der Waals surface area (Å²) in [5, 5.41) is 5.18. The van der Waals surface area contributed by atoms with Crippen molar-refractivity contribution in [2.24, 2.45) is 0 Å². The Bertz CT molecular complexity index is 958. The van der Waals surface area contributed by atoms with Gasteiger partial charge < -0.3 is 10.6 Å². The smallest absolute Gasteiger partial charge is 0.325 e. The Morgan fingerprint density at radius 2 is 1.93 bits per heavy atom. The SMILES string of the molecule is CC1(c2cccc(Br)c2)NC(=O)N(CC(=O)Nc2ccc(SC(F)F)cc2)C1=O. The quantitative estimate of drug-likeness (QED) is 0.477. The van der Waals surface area contributed by atoms with Gasteiger partial charge in [-0.05, 0) is 48.9 Å². The van der Waals surface area contributed by atoms with E-state index in [-0.39, 0.29) is 0 Å². The van der Waals surface area contributed by atoms with E-state index in [1.165, 1.54) is 24.3 Å². The first-order valence-electron chi connectivity index (χ1n) is 8.44. The minimum atomic E-state index is -2.53. The third-order valence-corrected chi connectivity index (χ3v) is 5.56. The lowest BCUT2D eigenvalue weighted by atomic mass is 9.92. The molecule has 0 radical (unpaired) electrons. The monoisotopic (exact) mass is 483 g/mol. The number of carbonyl (C=O) groups excluding carboxylic acids is 3. The van der Waals surface area contributed by atoms with Gasteiger partial charge in [-0.1, -0.05) is 39.8 Å². The van der Waals surface area contributed by atoms with Crippen LogP contribution in [0.2, 0.25) is 0 Å². The van der Waals surface area contributed by atoms with Crippen LogP contribution in [0.4, 0.5) is 19.3 Å². The van der Waals surface area contributed by atoms with Gasteiger partial charge in [-0.15, -0.1) is 0 Å². The summed E-state index contributed by atoms with van der Waals surface area (Å²) < 4.78 is 25.5. The summed E-state index contributed by atoms with van der Waals surface area (Å²) >= 11 is 3.73. The summed E-state index contributed by atoms with van der Waals surface area (Å²) in [6, 6.07) is 12.2. The molecule has 1 aliphatic heterocycles. The number of hydrogen-bond acceptors (Lipinski definition) is 4. The summed E-state index contributed by atoms with van der Waals surface area (Å²) in [7, 11) is 0. The van der Waals surface area contributed by atoms with Crippen LogP contribution in [0.15, 0.2) is 57.9 Å². The molecule has 29 heavy (non-hydrogen) atoms. The van der Waals surface area contributed by atoms with Crippen LogP contribution in [-0.4, -0.2) is 35.0 Å². The summed E-state index contributed by atoms with van der Waals surface area (Å²) in [5.41, 5.74) is -0.328. The molecular formula is C19H16BrF2N3O3S. The van der Waals surface area contributed by atoms with Crippen molar-refractivity contribution in [1.82, 2.24) is 10.2 Å². The van der Waals surface area contributed by atoms with Gasteiger partial charge >= 0.3 is 6.03 Å². The standard InChI is InChI=1S/C19H16BrF2N3O3S/c1-19(11-3-2-4-12(20)9-11)16(27)25(18(28)24-19)10-15(26)23-13-5-7-14(8-6-13)29-17(21)22/h2-9,17H,10H2,1H3,(H,23,26)(H,24,28). The fraction of sp³-hybridized carbons (Fsp3) is 0.211. The number of carbonyl (C=O) groups is 3. The molecule has 0 aromatic heterocycles. The number of hydrogen-bond donors (Lipinski definition) is 2. The summed E-state index contributed by atoms with van der Waals surface area (Å²) in [4.78, 5) is 38.7. The van der Waals surface area contributed by atoms with Crippen LogP contribution in [0.25, 0.3) is 0 Å². The van der Waals surface area contributed by atoms with Crippen LogP contribution >= 0.6 is 27.7 Å². The van der Waals surface area contributed by atoms with E-state index in [2.05, 4.69) is 26.6 Å². The van der Waals surface area contributed by atoms with Crippen LogP contribution in [0.3, 0.4) is 0 Å². The van der Waals surface area contributed by atoms with E-state index < -0.39 is 35.7 Å². The van der Waals surface area contributed by atoms with Crippen molar-refractivity contribution in [1.29, 1.82) is 0 Å². The molecule has 2 N–H and O–H groups in total. The summed E-state index contributed by atoms with van der Waals surface area (Å²) in [6.45, 7) is 1.11. The number of benzene rings is 2. The largest absolute Gasteiger partial charge is 0.325 e. The Morgan fingerprint density at radius 3 is 2.55 bits per heavy atom.